The molecule has 1 aromatic rings. The normalized spacial score (nSPS) is 17.6. The summed E-state index contributed by atoms with van der Waals surface area (Å²) in [7, 11) is 0. The highest BCUT2D eigenvalue weighted by Crippen LogP contribution is 2.36. The van der Waals surface area contributed by atoms with Gasteiger partial charge in [-0.2, -0.15) is 0 Å². The molecule has 1 aliphatic heterocycles. The first-order chi connectivity index (χ1) is 9.40. The summed E-state index contributed by atoms with van der Waals surface area (Å²) in [5, 5.41) is 18.0. The second-order valence-corrected chi connectivity index (χ2v) is 5.80. The van der Waals surface area contributed by atoms with E-state index < -0.39 is 18.4 Å². The summed E-state index contributed by atoms with van der Waals surface area (Å²) in [6, 6.07) is 6.43. The van der Waals surface area contributed by atoms with Gasteiger partial charge in [0.2, 0.25) is 0 Å². The molecule has 0 spiro atoms. The zero-order chi connectivity index (χ0) is 14.9. The van der Waals surface area contributed by atoms with Gasteiger partial charge in [0, 0.05) is 0 Å². The Labute approximate surface area is 124 Å². The van der Waals surface area contributed by atoms with Gasteiger partial charge in [-0.1, -0.05) is 36.1 Å². The van der Waals surface area contributed by atoms with Crippen molar-refractivity contribution in [2.45, 2.75) is 6.92 Å². The van der Waals surface area contributed by atoms with Gasteiger partial charge in [-0.15, -0.1) is 0 Å². The van der Waals surface area contributed by atoms with Crippen LogP contribution in [0.3, 0.4) is 0 Å². The van der Waals surface area contributed by atoms with Gasteiger partial charge in [-0.05, 0) is 30.2 Å². The number of carboxylic acids is 1. The molecule has 0 aromatic heterocycles. The van der Waals surface area contributed by atoms with Gasteiger partial charge < -0.3 is 10.2 Å². The fourth-order valence-electron chi connectivity index (χ4n) is 1.74. The van der Waals surface area contributed by atoms with Crippen LogP contribution in [0.2, 0.25) is 0 Å². The number of thiocarbonyl (C=S) groups is 1. The Kier molecular flexibility index (Phi) is 4.10. The SMILES string of the molecule is CC(=C1SC(=S)N(CC(=O)O)C1=O)c1ccc(O)cc1. The van der Waals surface area contributed by atoms with Crippen molar-refractivity contribution in [2.24, 2.45) is 0 Å². The number of nitrogens with zero attached hydrogens (tertiary/aromatic N) is 1. The number of aromatic hydroxyl groups is 1. The molecule has 1 fully saturated rings. The average molecular weight is 309 g/mol. The number of carbonyl (C=O) groups is 2. The quantitative estimate of drug-likeness (QED) is 0.657. The van der Waals surface area contributed by atoms with Gasteiger partial charge in [-0.3, -0.25) is 14.5 Å². The monoisotopic (exact) mass is 309 g/mol. The van der Waals surface area contributed by atoms with E-state index in [-0.39, 0.29) is 10.1 Å². The molecule has 0 saturated carbocycles. The van der Waals surface area contributed by atoms with Crippen LogP contribution in [0, 0.1) is 0 Å². The molecular formula is C13H11NO4S2. The van der Waals surface area contributed by atoms with Crippen LogP contribution in [0.4, 0.5) is 0 Å². The Bertz CT molecular complexity index is 622. The van der Waals surface area contributed by atoms with Crippen LogP contribution < -0.4 is 0 Å². The summed E-state index contributed by atoms with van der Waals surface area (Å²) < 4.78 is 0.241. The van der Waals surface area contributed by atoms with Gasteiger partial charge in [-0.25, -0.2) is 0 Å². The first-order valence-corrected chi connectivity index (χ1v) is 6.88. The number of phenolic OH excluding ortho intramolecular Hbond substituents is 1. The molecule has 2 rings (SSSR count). The van der Waals surface area contributed by atoms with Crippen molar-refractivity contribution in [3.05, 3.63) is 34.7 Å². The molecule has 1 amide bonds. The van der Waals surface area contributed by atoms with Crippen LogP contribution in [0.15, 0.2) is 29.2 Å². The maximum absolute atomic E-state index is 12.2. The van der Waals surface area contributed by atoms with E-state index in [1.165, 1.54) is 12.1 Å². The van der Waals surface area contributed by atoms with Gasteiger partial charge in [0.1, 0.15) is 16.6 Å². The Balaban J connectivity index is 2.35. The van der Waals surface area contributed by atoms with Gasteiger partial charge in [0.25, 0.3) is 5.91 Å². The molecule has 7 heteroatoms. The molecule has 0 bridgehead atoms. The molecule has 1 heterocycles. The number of thioether (sulfide) groups is 1. The highest BCUT2D eigenvalue weighted by Gasteiger charge is 2.34. The highest BCUT2D eigenvalue weighted by molar-refractivity contribution is 8.26. The molecule has 5 nitrogen and oxygen atoms in total. The van der Waals surface area contributed by atoms with Crippen LogP contribution in [0.5, 0.6) is 5.75 Å². The van der Waals surface area contributed by atoms with E-state index in [2.05, 4.69) is 0 Å². The van der Waals surface area contributed by atoms with E-state index in [9.17, 15) is 14.7 Å². The number of phenols is 1. The first kappa shape index (κ1) is 14.5. The number of benzene rings is 1. The van der Waals surface area contributed by atoms with Crippen molar-refractivity contribution in [1.29, 1.82) is 0 Å². The predicted molar refractivity (Wildman–Crippen MR) is 80.2 cm³/mol. The third kappa shape index (κ3) is 2.83. The van der Waals surface area contributed by atoms with Gasteiger partial charge in [0.05, 0.1) is 4.91 Å². The Hall–Kier alpha value is -1.86. The third-order valence-electron chi connectivity index (χ3n) is 2.78. The molecule has 0 radical (unpaired) electrons. The molecule has 1 aliphatic rings. The lowest BCUT2D eigenvalue weighted by Gasteiger charge is -2.10. The number of carbonyl (C=O) groups excluding carboxylic acids is 1. The van der Waals surface area contributed by atoms with E-state index in [1.807, 2.05) is 0 Å². The fraction of sp³-hybridized carbons (Fsp3) is 0.154. The molecule has 0 atom stereocenters. The zero-order valence-electron chi connectivity index (χ0n) is 10.5. The fourth-order valence-corrected chi connectivity index (χ4v) is 3.04. The summed E-state index contributed by atoms with van der Waals surface area (Å²) in [4.78, 5) is 24.4. The maximum atomic E-state index is 12.2. The van der Waals surface area contributed by atoms with Crippen molar-refractivity contribution < 1.29 is 19.8 Å². The van der Waals surface area contributed by atoms with Crippen LogP contribution in [-0.4, -0.2) is 37.9 Å². The van der Waals surface area contributed by atoms with E-state index in [1.54, 1.807) is 19.1 Å². The summed E-state index contributed by atoms with van der Waals surface area (Å²) in [6.45, 7) is 1.33. The van der Waals surface area contributed by atoms with Crippen LogP contribution in [-0.2, 0) is 9.59 Å². The van der Waals surface area contributed by atoms with E-state index in [0.717, 1.165) is 22.2 Å². The number of hydrogen-bond donors (Lipinski definition) is 2. The summed E-state index contributed by atoms with van der Waals surface area (Å²) in [6.07, 6.45) is 0. The Morgan fingerprint density at radius 1 is 1.35 bits per heavy atom. The zero-order valence-corrected chi connectivity index (χ0v) is 12.1. The number of aliphatic carboxylic acids is 1. The number of amides is 1. The number of allylic oxidation sites excluding steroid dienone is 1. The second-order valence-electron chi connectivity index (χ2n) is 4.15. The highest BCUT2D eigenvalue weighted by atomic mass is 32.2. The standard InChI is InChI=1S/C13H11NO4S2/c1-7(8-2-4-9(15)5-3-8)11-12(18)14(6-10(16)17)13(19)20-11/h2-5,15H,6H2,1H3,(H,16,17). The van der Waals surface area contributed by atoms with E-state index in [0.29, 0.717) is 10.5 Å². The van der Waals surface area contributed by atoms with Crippen molar-refractivity contribution in [1.82, 2.24) is 4.90 Å². The van der Waals surface area contributed by atoms with Crippen molar-refractivity contribution in [2.75, 3.05) is 6.54 Å². The third-order valence-corrected chi connectivity index (χ3v) is 4.33. The Morgan fingerprint density at radius 3 is 2.50 bits per heavy atom. The van der Waals surface area contributed by atoms with E-state index in [4.69, 9.17) is 17.3 Å². The molecule has 1 saturated heterocycles. The molecule has 104 valence electrons. The molecule has 0 aliphatic carbocycles. The summed E-state index contributed by atoms with van der Waals surface area (Å²) in [5.74, 6) is -1.36. The predicted octanol–water partition coefficient (Wildman–Crippen LogP) is 2.07. The minimum atomic E-state index is -1.11. The minimum absolute atomic E-state index is 0.139. The lowest BCUT2D eigenvalue weighted by Crippen LogP contribution is -2.33. The van der Waals surface area contributed by atoms with Crippen molar-refractivity contribution >= 4 is 45.7 Å². The molecule has 2 N–H and O–H groups in total. The second kappa shape index (κ2) is 5.64. The van der Waals surface area contributed by atoms with Crippen molar-refractivity contribution in [3.63, 3.8) is 0 Å². The van der Waals surface area contributed by atoms with Crippen molar-refractivity contribution in [3.8, 4) is 5.75 Å². The van der Waals surface area contributed by atoms with Crippen LogP contribution in [0.1, 0.15) is 12.5 Å². The molecule has 20 heavy (non-hydrogen) atoms. The molecule has 1 aromatic carbocycles. The minimum Gasteiger partial charge on any atom is -0.508 e. The average Bonchev–Trinajstić information content (AvgIpc) is 2.66. The van der Waals surface area contributed by atoms with E-state index >= 15 is 0 Å². The lowest BCUT2D eigenvalue weighted by atomic mass is 10.1. The first-order valence-electron chi connectivity index (χ1n) is 5.66. The number of carboxylic acid groups (broad SMARTS) is 1. The number of rotatable bonds is 3. The van der Waals surface area contributed by atoms with Gasteiger partial charge in [0.15, 0.2) is 0 Å². The van der Waals surface area contributed by atoms with Gasteiger partial charge >= 0.3 is 5.97 Å². The summed E-state index contributed by atoms with van der Waals surface area (Å²) >= 11 is 6.13. The van der Waals surface area contributed by atoms with Crippen LogP contribution in [0.25, 0.3) is 5.57 Å². The number of hydrogen-bond acceptors (Lipinski definition) is 5. The molecule has 0 unspecified atom stereocenters. The smallest absolute Gasteiger partial charge is 0.323 e. The summed E-state index contributed by atoms with van der Waals surface area (Å²) in [5.41, 5.74) is 1.48. The Morgan fingerprint density at radius 2 is 1.95 bits per heavy atom. The lowest BCUT2D eigenvalue weighted by molar-refractivity contribution is -0.140. The largest absolute Gasteiger partial charge is 0.508 e. The topological polar surface area (TPSA) is 77.8 Å². The molecular weight excluding hydrogens is 298 g/mol. The van der Waals surface area contributed by atoms with Crippen LogP contribution >= 0.6 is 24.0 Å². The maximum Gasteiger partial charge on any atom is 0.323 e.